The summed E-state index contributed by atoms with van der Waals surface area (Å²) in [7, 11) is 0. The van der Waals surface area contributed by atoms with Crippen molar-refractivity contribution in [1.29, 1.82) is 0 Å². The number of nitrogens with zero attached hydrogens (tertiary/aromatic N) is 2. The second kappa shape index (κ2) is 8.78. The number of amides is 1. The molecule has 29 heavy (non-hydrogen) atoms. The van der Waals surface area contributed by atoms with Gasteiger partial charge in [-0.25, -0.2) is 4.39 Å². The number of halogens is 1. The molecular weight excluding hydrogens is 365 g/mol. The Balaban J connectivity index is 1.32. The van der Waals surface area contributed by atoms with Gasteiger partial charge in [0.2, 0.25) is 5.91 Å². The van der Waals surface area contributed by atoms with Crippen LogP contribution in [0.15, 0.2) is 78.9 Å². The van der Waals surface area contributed by atoms with E-state index in [0.29, 0.717) is 12.1 Å². The molecule has 1 aliphatic heterocycles. The predicted molar refractivity (Wildman–Crippen MR) is 116 cm³/mol. The van der Waals surface area contributed by atoms with E-state index in [1.165, 1.54) is 6.07 Å². The highest BCUT2D eigenvalue weighted by atomic mass is 19.1. The van der Waals surface area contributed by atoms with Crippen LogP contribution in [0.25, 0.3) is 0 Å². The molecule has 0 saturated carbocycles. The summed E-state index contributed by atoms with van der Waals surface area (Å²) in [5.41, 5.74) is 3.57. The first kappa shape index (κ1) is 19.0. The van der Waals surface area contributed by atoms with Crippen LogP contribution in [0.5, 0.6) is 0 Å². The Morgan fingerprint density at radius 3 is 2.10 bits per heavy atom. The van der Waals surface area contributed by atoms with Gasteiger partial charge < -0.3 is 15.1 Å². The largest absolute Gasteiger partial charge is 0.368 e. The molecule has 0 aliphatic carbocycles. The first-order valence-corrected chi connectivity index (χ1v) is 9.87. The van der Waals surface area contributed by atoms with Gasteiger partial charge in [0.05, 0.1) is 12.1 Å². The smallest absolute Gasteiger partial charge is 0.228 e. The third kappa shape index (κ3) is 4.74. The lowest BCUT2D eigenvalue weighted by molar-refractivity contribution is -0.115. The zero-order valence-electron chi connectivity index (χ0n) is 16.2. The fraction of sp³-hybridized carbons (Fsp3) is 0.208. The number of rotatable bonds is 5. The standard InChI is InChI=1S/C24H24FN3O/c25-22-8-4-5-9-23(22)28-16-14-27(15-17-28)21-12-10-20(11-13-21)26-24(29)18-19-6-2-1-3-7-19/h1-13H,14-18H2,(H,26,29). The van der Waals surface area contributed by atoms with Crippen LogP contribution in [0, 0.1) is 5.82 Å². The molecule has 1 amide bonds. The summed E-state index contributed by atoms with van der Waals surface area (Å²) in [6, 6.07) is 24.5. The Hall–Kier alpha value is -3.34. The van der Waals surface area contributed by atoms with Crippen molar-refractivity contribution in [3.05, 3.63) is 90.2 Å². The highest BCUT2D eigenvalue weighted by molar-refractivity contribution is 5.92. The molecule has 0 radical (unpaired) electrons. The summed E-state index contributed by atoms with van der Waals surface area (Å²) in [6.07, 6.45) is 0.362. The van der Waals surface area contributed by atoms with Gasteiger partial charge >= 0.3 is 0 Å². The Morgan fingerprint density at radius 2 is 1.41 bits per heavy atom. The maximum absolute atomic E-state index is 14.0. The average molecular weight is 389 g/mol. The zero-order chi connectivity index (χ0) is 20.1. The fourth-order valence-corrected chi connectivity index (χ4v) is 3.66. The van der Waals surface area contributed by atoms with E-state index in [9.17, 15) is 9.18 Å². The van der Waals surface area contributed by atoms with Gasteiger partial charge in [0.1, 0.15) is 5.82 Å². The van der Waals surface area contributed by atoms with Gasteiger partial charge in [-0.05, 0) is 42.0 Å². The second-order valence-electron chi connectivity index (χ2n) is 7.18. The molecule has 0 unspecified atom stereocenters. The molecule has 4 nitrogen and oxygen atoms in total. The van der Waals surface area contributed by atoms with E-state index in [0.717, 1.165) is 43.1 Å². The monoisotopic (exact) mass is 389 g/mol. The maximum atomic E-state index is 14.0. The van der Waals surface area contributed by atoms with E-state index >= 15 is 0 Å². The van der Waals surface area contributed by atoms with Crippen LogP contribution in [0.2, 0.25) is 0 Å². The predicted octanol–water partition coefficient (Wildman–Crippen LogP) is 4.33. The Labute approximate surface area is 170 Å². The zero-order valence-corrected chi connectivity index (χ0v) is 16.2. The molecule has 148 valence electrons. The Morgan fingerprint density at radius 1 is 0.793 bits per heavy atom. The second-order valence-corrected chi connectivity index (χ2v) is 7.18. The lowest BCUT2D eigenvalue weighted by atomic mass is 10.1. The minimum absolute atomic E-state index is 0.0255. The van der Waals surface area contributed by atoms with Crippen LogP contribution >= 0.6 is 0 Å². The minimum atomic E-state index is -0.170. The van der Waals surface area contributed by atoms with Crippen molar-refractivity contribution >= 4 is 23.0 Å². The number of hydrogen-bond donors (Lipinski definition) is 1. The van der Waals surface area contributed by atoms with Gasteiger partial charge in [0.25, 0.3) is 0 Å². The van der Waals surface area contributed by atoms with Crippen molar-refractivity contribution in [2.75, 3.05) is 41.3 Å². The van der Waals surface area contributed by atoms with Gasteiger partial charge in [-0.1, -0.05) is 42.5 Å². The summed E-state index contributed by atoms with van der Waals surface area (Å²) in [4.78, 5) is 16.6. The Kier molecular flexibility index (Phi) is 5.75. The summed E-state index contributed by atoms with van der Waals surface area (Å²) < 4.78 is 14.0. The van der Waals surface area contributed by atoms with Gasteiger partial charge in [0.15, 0.2) is 0 Å². The van der Waals surface area contributed by atoms with Crippen molar-refractivity contribution in [3.8, 4) is 0 Å². The van der Waals surface area contributed by atoms with Crippen LogP contribution in [-0.4, -0.2) is 32.1 Å². The molecule has 0 bridgehead atoms. The first-order valence-electron chi connectivity index (χ1n) is 9.87. The van der Waals surface area contributed by atoms with Crippen molar-refractivity contribution < 1.29 is 9.18 Å². The number of hydrogen-bond acceptors (Lipinski definition) is 3. The van der Waals surface area contributed by atoms with Gasteiger partial charge in [-0.15, -0.1) is 0 Å². The summed E-state index contributed by atoms with van der Waals surface area (Å²) in [5.74, 6) is -0.195. The molecule has 1 fully saturated rings. The van der Waals surface area contributed by atoms with E-state index in [-0.39, 0.29) is 11.7 Å². The van der Waals surface area contributed by atoms with Gasteiger partial charge in [-0.2, -0.15) is 0 Å². The van der Waals surface area contributed by atoms with Crippen molar-refractivity contribution in [2.24, 2.45) is 0 Å². The lowest BCUT2D eigenvalue weighted by Crippen LogP contribution is -2.46. The summed E-state index contributed by atoms with van der Waals surface area (Å²) in [5, 5.41) is 2.95. The highest BCUT2D eigenvalue weighted by Gasteiger charge is 2.19. The summed E-state index contributed by atoms with van der Waals surface area (Å²) >= 11 is 0. The third-order valence-electron chi connectivity index (χ3n) is 5.20. The van der Waals surface area contributed by atoms with Crippen LogP contribution in [0.3, 0.4) is 0 Å². The molecule has 3 aromatic carbocycles. The van der Waals surface area contributed by atoms with Crippen molar-refractivity contribution in [2.45, 2.75) is 6.42 Å². The topological polar surface area (TPSA) is 35.6 Å². The first-order chi connectivity index (χ1) is 14.2. The van der Waals surface area contributed by atoms with E-state index in [1.54, 1.807) is 6.07 Å². The van der Waals surface area contributed by atoms with E-state index < -0.39 is 0 Å². The average Bonchev–Trinajstić information content (AvgIpc) is 2.75. The van der Waals surface area contributed by atoms with Crippen molar-refractivity contribution in [3.63, 3.8) is 0 Å². The number of carbonyl (C=O) groups is 1. The number of piperazine rings is 1. The fourth-order valence-electron chi connectivity index (χ4n) is 3.66. The SMILES string of the molecule is O=C(Cc1ccccc1)Nc1ccc(N2CCN(c3ccccc3F)CC2)cc1. The number of anilines is 3. The summed E-state index contributed by atoms with van der Waals surface area (Å²) in [6.45, 7) is 3.20. The normalized spacial score (nSPS) is 14.0. The van der Waals surface area contributed by atoms with E-state index in [2.05, 4.69) is 15.1 Å². The number of nitrogens with one attached hydrogen (secondary N) is 1. The minimum Gasteiger partial charge on any atom is -0.368 e. The molecule has 1 aliphatic rings. The molecule has 0 aromatic heterocycles. The van der Waals surface area contributed by atoms with Gasteiger partial charge in [-0.3, -0.25) is 4.79 Å². The number of carbonyl (C=O) groups excluding carboxylic acids is 1. The van der Waals surface area contributed by atoms with Crippen molar-refractivity contribution in [1.82, 2.24) is 0 Å². The maximum Gasteiger partial charge on any atom is 0.228 e. The van der Waals surface area contributed by atoms with Crippen LogP contribution in [0.4, 0.5) is 21.5 Å². The number of benzene rings is 3. The quantitative estimate of drug-likeness (QED) is 0.705. The lowest BCUT2D eigenvalue weighted by Gasteiger charge is -2.37. The molecule has 1 N–H and O–H groups in total. The molecule has 0 spiro atoms. The highest BCUT2D eigenvalue weighted by Crippen LogP contribution is 2.24. The van der Waals surface area contributed by atoms with E-state index in [1.807, 2.05) is 66.7 Å². The Bertz CT molecular complexity index is 951. The molecule has 1 saturated heterocycles. The van der Waals surface area contributed by atoms with Gasteiger partial charge in [0, 0.05) is 37.6 Å². The van der Waals surface area contributed by atoms with Crippen LogP contribution in [0.1, 0.15) is 5.56 Å². The number of para-hydroxylation sites is 1. The molecule has 0 atom stereocenters. The molecular formula is C24H24FN3O. The van der Waals surface area contributed by atoms with Crippen LogP contribution in [-0.2, 0) is 11.2 Å². The third-order valence-corrected chi connectivity index (χ3v) is 5.20. The molecule has 5 heteroatoms. The molecule has 4 rings (SSSR count). The van der Waals surface area contributed by atoms with E-state index in [4.69, 9.17) is 0 Å². The molecule has 3 aromatic rings. The molecule has 1 heterocycles. The van der Waals surface area contributed by atoms with Crippen LogP contribution < -0.4 is 15.1 Å².